The number of nitrogens with one attached hydrogen (secondary N) is 1. The van der Waals surface area contributed by atoms with E-state index in [9.17, 15) is 0 Å². The van der Waals surface area contributed by atoms with Gasteiger partial charge in [0.1, 0.15) is 0 Å². The molecule has 0 aliphatic carbocycles. The van der Waals surface area contributed by atoms with Crippen LogP contribution >= 0.6 is 15.9 Å². The molecule has 4 heteroatoms. The molecule has 1 unspecified atom stereocenters. The average Bonchev–Trinajstić information content (AvgIpc) is 2.80. The fourth-order valence-corrected chi connectivity index (χ4v) is 3.58. The predicted octanol–water partition coefficient (Wildman–Crippen LogP) is 4.72. The first-order chi connectivity index (χ1) is 10.2. The Hall–Kier alpha value is -0.350. The molecule has 21 heavy (non-hydrogen) atoms. The van der Waals surface area contributed by atoms with Crippen LogP contribution in [-0.4, -0.2) is 22.4 Å². The molecule has 0 aromatic carbocycles. The lowest BCUT2D eigenvalue weighted by atomic mass is 10.0. The summed E-state index contributed by atoms with van der Waals surface area (Å²) in [5.41, 5.74) is 2.57. The Balaban J connectivity index is 2.55. The quantitative estimate of drug-likeness (QED) is 0.620. The normalized spacial score (nSPS) is 12.8. The molecule has 0 fully saturated rings. The van der Waals surface area contributed by atoms with Crippen LogP contribution in [0.5, 0.6) is 0 Å². The van der Waals surface area contributed by atoms with Crippen LogP contribution in [0.2, 0.25) is 0 Å². The Bertz CT molecular complexity index is 401. The molecule has 1 aromatic heterocycles. The van der Waals surface area contributed by atoms with Crippen molar-refractivity contribution in [2.24, 2.45) is 0 Å². The van der Waals surface area contributed by atoms with Crippen LogP contribution in [0.15, 0.2) is 4.47 Å². The summed E-state index contributed by atoms with van der Waals surface area (Å²) in [5.74, 6) is 0. The molecule has 0 saturated carbocycles. The molecule has 0 aliphatic rings. The van der Waals surface area contributed by atoms with Crippen LogP contribution in [0.1, 0.15) is 71.2 Å². The van der Waals surface area contributed by atoms with Gasteiger partial charge in [0.05, 0.1) is 15.9 Å². The van der Waals surface area contributed by atoms with E-state index in [4.69, 9.17) is 0 Å². The molecule has 0 aliphatic heterocycles. The number of aryl methyl sites for hydroxylation is 2. The van der Waals surface area contributed by atoms with Gasteiger partial charge in [-0.1, -0.05) is 27.2 Å². The Morgan fingerprint density at radius 1 is 1.14 bits per heavy atom. The van der Waals surface area contributed by atoms with Gasteiger partial charge in [0.2, 0.25) is 0 Å². The lowest BCUT2D eigenvalue weighted by molar-refractivity contribution is 0.434. The molecule has 0 spiro atoms. The van der Waals surface area contributed by atoms with Crippen molar-refractivity contribution in [3.05, 3.63) is 15.9 Å². The zero-order chi connectivity index (χ0) is 15.7. The van der Waals surface area contributed by atoms with Gasteiger partial charge in [-0.3, -0.25) is 4.68 Å². The smallest absolute Gasteiger partial charge is 0.0766 e. The van der Waals surface area contributed by atoms with Gasteiger partial charge < -0.3 is 5.32 Å². The van der Waals surface area contributed by atoms with Crippen LogP contribution < -0.4 is 5.32 Å². The summed E-state index contributed by atoms with van der Waals surface area (Å²) in [6.07, 6.45) is 8.37. The first-order valence-electron chi connectivity index (χ1n) is 8.65. The summed E-state index contributed by atoms with van der Waals surface area (Å²) in [6, 6.07) is 0.678. The van der Waals surface area contributed by atoms with Gasteiger partial charge in [0.25, 0.3) is 0 Å². The van der Waals surface area contributed by atoms with E-state index in [1.165, 1.54) is 48.0 Å². The minimum Gasteiger partial charge on any atom is -0.314 e. The Kier molecular flexibility index (Phi) is 9.25. The first-order valence-corrected chi connectivity index (χ1v) is 9.44. The molecule has 1 atom stereocenters. The van der Waals surface area contributed by atoms with Crippen LogP contribution in [-0.2, 0) is 19.4 Å². The molecule has 0 amide bonds. The third kappa shape index (κ3) is 5.74. The van der Waals surface area contributed by atoms with Gasteiger partial charge in [0.15, 0.2) is 0 Å². The molecule has 1 N–H and O–H groups in total. The van der Waals surface area contributed by atoms with Gasteiger partial charge in [0, 0.05) is 12.6 Å². The number of aromatic nitrogens is 2. The van der Waals surface area contributed by atoms with Crippen molar-refractivity contribution < 1.29 is 0 Å². The highest BCUT2D eigenvalue weighted by atomic mass is 79.9. The van der Waals surface area contributed by atoms with Crippen LogP contribution in [0, 0.1) is 0 Å². The van der Waals surface area contributed by atoms with E-state index in [-0.39, 0.29) is 0 Å². The van der Waals surface area contributed by atoms with Crippen LogP contribution in [0.4, 0.5) is 0 Å². The third-order valence-corrected chi connectivity index (χ3v) is 4.90. The maximum Gasteiger partial charge on any atom is 0.0766 e. The monoisotopic (exact) mass is 357 g/mol. The minimum absolute atomic E-state index is 0.678. The minimum atomic E-state index is 0.678. The average molecular weight is 358 g/mol. The van der Waals surface area contributed by atoms with Crippen molar-refractivity contribution in [1.82, 2.24) is 15.1 Å². The largest absolute Gasteiger partial charge is 0.314 e. The van der Waals surface area contributed by atoms with Crippen LogP contribution in [0.25, 0.3) is 0 Å². The second-order valence-electron chi connectivity index (χ2n) is 5.71. The Labute approximate surface area is 139 Å². The topological polar surface area (TPSA) is 29.9 Å². The fourth-order valence-electron chi connectivity index (χ4n) is 2.82. The van der Waals surface area contributed by atoms with Gasteiger partial charge >= 0.3 is 0 Å². The summed E-state index contributed by atoms with van der Waals surface area (Å²) >= 11 is 3.74. The molecule has 1 aromatic rings. The molecule has 0 bridgehead atoms. The van der Waals surface area contributed by atoms with E-state index in [1.807, 2.05) is 0 Å². The molecular formula is C17H32BrN3. The van der Waals surface area contributed by atoms with E-state index in [0.29, 0.717) is 6.04 Å². The number of halogens is 1. The highest BCUT2D eigenvalue weighted by Gasteiger charge is 2.14. The van der Waals surface area contributed by atoms with Crippen molar-refractivity contribution in [3.8, 4) is 0 Å². The van der Waals surface area contributed by atoms with Crippen molar-refractivity contribution in [2.45, 2.75) is 85.2 Å². The second kappa shape index (κ2) is 10.4. The molecule has 0 saturated heterocycles. The zero-order valence-electron chi connectivity index (χ0n) is 14.2. The van der Waals surface area contributed by atoms with Crippen molar-refractivity contribution in [1.29, 1.82) is 0 Å². The summed E-state index contributed by atoms with van der Waals surface area (Å²) in [4.78, 5) is 0. The molecular weight excluding hydrogens is 326 g/mol. The van der Waals surface area contributed by atoms with Crippen molar-refractivity contribution in [2.75, 3.05) is 6.54 Å². The summed E-state index contributed by atoms with van der Waals surface area (Å²) in [6.45, 7) is 11.0. The maximum atomic E-state index is 4.68. The third-order valence-electron chi connectivity index (χ3n) is 3.98. The second-order valence-corrected chi connectivity index (χ2v) is 6.50. The lowest BCUT2D eigenvalue weighted by Gasteiger charge is -2.17. The van der Waals surface area contributed by atoms with Gasteiger partial charge in [-0.05, 0) is 67.9 Å². The number of nitrogens with zero attached hydrogens (tertiary/aromatic N) is 2. The molecule has 1 heterocycles. The Morgan fingerprint density at radius 3 is 2.48 bits per heavy atom. The first kappa shape index (κ1) is 18.7. The van der Waals surface area contributed by atoms with E-state index < -0.39 is 0 Å². The SMILES string of the molecule is CCCNC(CCC)CCCc1c(Br)c(CC)nn1CC. The summed E-state index contributed by atoms with van der Waals surface area (Å²) in [5, 5.41) is 8.37. The summed E-state index contributed by atoms with van der Waals surface area (Å²) < 4.78 is 3.40. The van der Waals surface area contributed by atoms with E-state index in [1.54, 1.807) is 0 Å². The van der Waals surface area contributed by atoms with Gasteiger partial charge in [-0.2, -0.15) is 5.10 Å². The Morgan fingerprint density at radius 2 is 1.90 bits per heavy atom. The number of rotatable bonds is 11. The van der Waals surface area contributed by atoms with E-state index >= 15 is 0 Å². The molecule has 3 nitrogen and oxygen atoms in total. The maximum absolute atomic E-state index is 4.68. The highest BCUT2D eigenvalue weighted by molar-refractivity contribution is 9.10. The number of hydrogen-bond acceptors (Lipinski definition) is 2. The highest BCUT2D eigenvalue weighted by Crippen LogP contribution is 2.24. The molecule has 1 rings (SSSR count). The standard InChI is InChI=1S/C17H32BrN3/c1-5-10-14(19-13-6-2)11-9-12-16-17(18)15(7-3)20-21(16)8-4/h14,19H,5-13H2,1-4H3. The van der Waals surface area contributed by atoms with Crippen molar-refractivity contribution in [3.63, 3.8) is 0 Å². The van der Waals surface area contributed by atoms with Crippen LogP contribution in [0.3, 0.4) is 0 Å². The van der Waals surface area contributed by atoms with E-state index in [2.05, 4.69) is 58.7 Å². The zero-order valence-corrected chi connectivity index (χ0v) is 15.8. The fraction of sp³-hybridized carbons (Fsp3) is 0.824. The molecule has 0 radical (unpaired) electrons. The van der Waals surface area contributed by atoms with E-state index in [0.717, 1.165) is 25.9 Å². The van der Waals surface area contributed by atoms with Crippen molar-refractivity contribution >= 4 is 15.9 Å². The van der Waals surface area contributed by atoms with Gasteiger partial charge in [-0.15, -0.1) is 0 Å². The summed E-state index contributed by atoms with van der Waals surface area (Å²) in [7, 11) is 0. The molecule has 122 valence electrons. The predicted molar refractivity (Wildman–Crippen MR) is 94.9 cm³/mol. The van der Waals surface area contributed by atoms with Gasteiger partial charge in [-0.25, -0.2) is 0 Å². The lowest BCUT2D eigenvalue weighted by Crippen LogP contribution is -2.29. The number of hydrogen-bond donors (Lipinski definition) is 1.